The zero-order valence-corrected chi connectivity index (χ0v) is 18.2. The summed E-state index contributed by atoms with van der Waals surface area (Å²) < 4.78 is 10.7. The molecule has 0 amide bonds. The van der Waals surface area contributed by atoms with Gasteiger partial charge in [0.05, 0.1) is 26.3 Å². The summed E-state index contributed by atoms with van der Waals surface area (Å²) in [6, 6.07) is 15.9. The summed E-state index contributed by atoms with van der Waals surface area (Å²) in [6.45, 7) is 3.31. The highest BCUT2D eigenvalue weighted by Gasteiger charge is 2.09. The Labute approximate surface area is 177 Å². The normalized spacial score (nSPS) is 11.3. The molecule has 0 saturated carbocycles. The maximum Gasteiger partial charge on any atom is 0.196 e. The summed E-state index contributed by atoms with van der Waals surface area (Å²) >= 11 is 0. The van der Waals surface area contributed by atoms with Crippen LogP contribution >= 0.6 is 0 Å². The van der Waals surface area contributed by atoms with E-state index < -0.39 is 0 Å². The van der Waals surface area contributed by atoms with Crippen molar-refractivity contribution >= 4 is 28.4 Å². The molecule has 0 unspecified atom stereocenters. The zero-order chi connectivity index (χ0) is 21.5. The number of nitrogens with one attached hydrogen (secondary N) is 2. The van der Waals surface area contributed by atoms with Crippen molar-refractivity contribution in [2.45, 2.75) is 13.5 Å². The van der Waals surface area contributed by atoms with Gasteiger partial charge in [-0.3, -0.25) is 0 Å². The van der Waals surface area contributed by atoms with Gasteiger partial charge in [-0.2, -0.15) is 0 Å². The third-order valence-corrected chi connectivity index (χ3v) is 4.64. The van der Waals surface area contributed by atoms with E-state index in [1.54, 1.807) is 14.2 Å². The van der Waals surface area contributed by atoms with Gasteiger partial charge in [0.15, 0.2) is 17.5 Å². The van der Waals surface area contributed by atoms with E-state index in [4.69, 9.17) is 19.5 Å². The van der Waals surface area contributed by atoms with E-state index in [0.717, 1.165) is 34.5 Å². The average Bonchev–Trinajstić information content (AvgIpc) is 2.77. The lowest BCUT2D eigenvalue weighted by Gasteiger charge is -2.16. The molecule has 2 N–H and O–H groups in total. The number of methoxy groups -OCH3 is 2. The Morgan fingerprint density at radius 2 is 1.80 bits per heavy atom. The maximum absolute atomic E-state index is 5.39. The van der Waals surface area contributed by atoms with Crippen LogP contribution in [0.4, 0.5) is 11.5 Å². The number of pyridine rings is 1. The van der Waals surface area contributed by atoms with Crippen LogP contribution in [0.3, 0.4) is 0 Å². The molecule has 3 rings (SSSR count). The van der Waals surface area contributed by atoms with Gasteiger partial charge >= 0.3 is 0 Å². The topological polar surface area (TPSA) is 71.0 Å². The summed E-state index contributed by atoms with van der Waals surface area (Å²) in [7, 11) is 7.23. The summed E-state index contributed by atoms with van der Waals surface area (Å²) in [5.74, 6) is 2.95. The minimum absolute atomic E-state index is 0.520. The van der Waals surface area contributed by atoms with Gasteiger partial charge in [0, 0.05) is 37.8 Å². The van der Waals surface area contributed by atoms with E-state index >= 15 is 0 Å². The molecule has 0 aliphatic carbocycles. The number of hydrogen-bond acceptors (Lipinski definition) is 5. The quantitative estimate of drug-likeness (QED) is 0.457. The third kappa shape index (κ3) is 4.92. The molecule has 158 valence electrons. The smallest absolute Gasteiger partial charge is 0.196 e. The summed E-state index contributed by atoms with van der Waals surface area (Å²) in [5, 5.41) is 7.74. The molecule has 7 nitrogen and oxygen atoms in total. The molecule has 0 spiro atoms. The van der Waals surface area contributed by atoms with Crippen molar-refractivity contribution in [1.29, 1.82) is 0 Å². The lowest BCUT2D eigenvalue weighted by Crippen LogP contribution is -2.30. The largest absolute Gasteiger partial charge is 0.493 e. The van der Waals surface area contributed by atoms with Crippen molar-refractivity contribution in [3.8, 4) is 11.5 Å². The van der Waals surface area contributed by atoms with Gasteiger partial charge in [0.2, 0.25) is 0 Å². The van der Waals surface area contributed by atoms with E-state index in [1.165, 1.54) is 0 Å². The van der Waals surface area contributed by atoms with Crippen molar-refractivity contribution < 1.29 is 9.47 Å². The van der Waals surface area contributed by atoms with Crippen molar-refractivity contribution in [3.63, 3.8) is 0 Å². The molecule has 1 heterocycles. The predicted octanol–water partition coefficient (Wildman–Crippen LogP) is 3.90. The van der Waals surface area contributed by atoms with Gasteiger partial charge in [-0.15, -0.1) is 0 Å². The van der Waals surface area contributed by atoms with Gasteiger partial charge in [0.1, 0.15) is 5.82 Å². The molecule has 0 aliphatic rings. The first-order chi connectivity index (χ1) is 14.5. The highest BCUT2D eigenvalue weighted by Crippen LogP contribution is 2.29. The second kappa shape index (κ2) is 9.82. The summed E-state index contributed by atoms with van der Waals surface area (Å²) in [6.07, 6.45) is 0. The van der Waals surface area contributed by atoms with Crippen LogP contribution in [0.2, 0.25) is 0 Å². The molecule has 2 aromatic carbocycles. The molecule has 30 heavy (non-hydrogen) atoms. The fourth-order valence-corrected chi connectivity index (χ4v) is 3.11. The number of benzene rings is 2. The number of aromatic nitrogens is 1. The van der Waals surface area contributed by atoms with Crippen LogP contribution in [0.5, 0.6) is 11.5 Å². The molecule has 1 aromatic heterocycles. The van der Waals surface area contributed by atoms with Crippen LogP contribution in [-0.2, 0) is 6.54 Å². The number of fused-ring (bicyclic) bond motifs is 1. The first kappa shape index (κ1) is 21.2. The van der Waals surface area contributed by atoms with Gasteiger partial charge in [-0.1, -0.05) is 18.2 Å². The molecule has 3 aromatic rings. The lowest BCUT2D eigenvalue weighted by atomic mass is 10.1. The molecule has 0 atom stereocenters. The van der Waals surface area contributed by atoms with E-state index in [2.05, 4.69) is 22.8 Å². The number of ether oxygens (including phenoxy) is 2. The molecule has 0 saturated heterocycles. The molecule has 0 aliphatic heterocycles. The molecular formula is C23H29N5O2. The Morgan fingerprint density at radius 3 is 2.50 bits per heavy atom. The van der Waals surface area contributed by atoms with Crippen molar-refractivity contribution in [2.24, 2.45) is 4.99 Å². The van der Waals surface area contributed by atoms with Gasteiger partial charge < -0.3 is 25.0 Å². The molecule has 0 fully saturated rings. The van der Waals surface area contributed by atoms with Crippen molar-refractivity contribution in [2.75, 3.05) is 45.1 Å². The van der Waals surface area contributed by atoms with Crippen LogP contribution in [-0.4, -0.2) is 45.8 Å². The van der Waals surface area contributed by atoms with Crippen LogP contribution in [0.15, 0.2) is 53.5 Å². The first-order valence-corrected chi connectivity index (χ1v) is 9.89. The van der Waals surface area contributed by atoms with Gasteiger partial charge in [-0.25, -0.2) is 9.98 Å². The number of rotatable bonds is 7. The highest BCUT2D eigenvalue weighted by molar-refractivity contribution is 5.94. The first-order valence-electron chi connectivity index (χ1n) is 9.89. The minimum atomic E-state index is 0.520. The maximum atomic E-state index is 5.39. The van der Waals surface area contributed by atoms with Gasteiger partial charge in [0.25, 0.3) is 0 Å². The second-order valence-electron chi connectivity index (χ2n) is 6.94. The van der Waals surface area contributed by atoms with Crippen LogP contribution in [0.1, 0.15) is 12.5 Å². The number of aliphatic imine (C=N–C) groups is 1. The standard InChI is InChI=1S/C23H29N5O2/c1-6-24-23(26-17-11-12-20(29-4)21(14-17)30-5)25-15-16-13-22(28(2)3)27-19-10-8-7-9-18(16)19/h7-14H,6,15H2,1-5H3,(H2,24,25,26). The lowest BCUT2D eigenvalue weighted by molar-refractivity contribution is 0.355. The van der Waals surface area contributed by atoms with E-state index in [9.17, 15) is 0 Å². The molecule has 0 bridgehead atoms. The van der Waals surface area contributed by atoms with E-state index in [1.807, 2.05) is 62.3 Å². The van der Waals surface area contributed by atoms with E-state index in [0.29, 0.717) is 24.0 Å². The predicted molar refractivity (Wildman–Crippen MR) is 124 cm³/mol. The minimum Gasteiger partial charge on any atom is -0.493 e. The number of guanidine groups is 1. The van der Waals surface area contributed by atoms with E-state index in [-0.39, 0.29) is 0 Å². The second-order valence-corrected chi connectivity index (χ2v) is 6.94. The fraction of sp³-hybridized carbons (Fsp3) is 0.304. The number of nitrogens with zero attached hydrogens (tertiary/aromatic N) is 3. The summed E-state index contributed by atoms with van der Waals surface area (Å²) in [4.78, 5) is 11.5. The number of anilines is 2. The average molecular weight is 408 g/mol. The third-order valence-electron chi connectivity index (χ3n) is 4.64. The Balaban J connectivity index is 1.90. The Bertz CT molecular complexity index is 1030. The monoisotopic (exact) mass is 407 g/mol. The van der Waals surface area contributed by atoms with Gasteiger partial charge in [-0.05, 0) is 36.8 Å². The fourth-order valence-electron chi connectivity index (χ4n) is 3.11. The SMILES string of the molecule is CCNC(=NCc1cc(N(C)C)nc2ccccc12)Nc1ccc(OC)c(OC)c1. The van der Waals surface area contributed by atoms with Crippen LogP contribution < -0.4 is 25.0 Å². The van der Waals surface area contributed by atoms with Crippen LogP contribution in [0, 0.1) is 0 Å². The van der Waals surface area contributed by atoms with Crippen molar-refractivity contribution in [3.05, 3.63) is 54.1 Å². The zero-order valence-electron chi connectivity index (χ0n) is 18.2. The summed E-state index contributed by atoms with van der Waals surface area (Å²) in [5.41, 5.74) is 2.95. The Morgan fingerprint density at radius 1 is 1.03 bits per heavy atom. The molecule has 7 heteroatoms. The Hall–Kier alpha value is -3.48. The van der Waals surface area contributed by atoms with Crippen LogP contribution in [0.25, 0.3) is 10.9 Å². The highest BCUT2D eigenvalue weighted by atomic mass is 16.5. The number of para-hydroxylation sites is 1. The molecule has 0 radical (unpaired) electrons. The van der Waals surface area contributed by atoms with Crippen molar-refractivity contribution in [1.82, 2.24) is 10.3 Å². The number of hydrogen-bond donors (Lipinski definition) is 2. The molecular weight excluding hydrogens is 378 g/mol. The Kier molecular flexibility index (Phi) is 6.95.